The van der Waals surface area contributed by atoms with Gasteiger partial charge in [0.25, 0.3) is 0 Å². The molecule has 0 aromatic carbocycles. The van der Waals surface area contributed by atoms with Crippen LogP contribution in [0.15, 0.2) is 5.18 Å². The smallest absolute Gasteiger partial charge is 0.310 e. The van der Waals surface area contributed by atoms with Crippen molar-refractivity contribution in [3.63, 3.8) is 0 Å². The number of hydrogen-bond acceptors (Lipinski definition) is 4. The topological polar surface area (TPSA) is 55.7 Å². The van der Waals surface area contributed by atoms with Crippen molar-refractivity contribution in [2.45, 2.75) is 26.3 Å². The van der Waals surface area contributed by atoms with Crippen LogP contribution in [0.5, 0.6) is 0 Å². The molecule has 0 aliphatic heterocycles. The normalized spacial score (nSPS) is 13.8. The molecule has 0 spiro atoms. The van der Waals surface area contributed by atoms with Crippen LogP contribution < -0.4 is 0 Å². The first kappa shape index (κ1) is 10.1. The Kier molecular flexibility index (Phi) is 3.17. The molecule has 64 valence electrons. The molecule has 0 saturated carbocycles. The average Bonchev–Trinajstić information content (AvgIpc) is 2.01. The van der Waals surface area contributed by atoms with Crippen LogP contribution in [0.2, 0.25) is 0 Å². The molecular weight excluding hydrogens is 146 g/mol. The number of nitroso groups, excluding NO2 is 1. The van der Waals surface area contributed by atoms with Gasteiger partial charge in [-0.25, -0.2) is 0 Å². The molecule has 0 aliphatic rings. The van der Waals surface area contributed by atoms with Gasteiger partial charge < -0.3 is 4.74 Å². The van der Waals surface area contributed by atoms with Crippen LogP contribution in [0, 0.1) is 10.8 Å². The molecule has 0 aromatic rings. The Morgan fingerprint density at radius 2 is 2.00 bits per heavy atom. The summed E-state index contributed by atoms with van der Waals surface area (Å²) >= 11 is 0. The Morgan fingerprint density at radius 3 is 2.27 bits per heavy atom. The molecule has 0 N–H and O–H groups in total. The van der Waals surface area contributed by atoms with Crippen LogP contribution in [0.3, 0.4) is 0 Å². The SMILES string of the molecule is COC(=O)C(C)C(C)(C)N=O. The van der Waals surface area contributed by atoms with Gasteiger partial charge in [-0.15, -0.1) is 0 Å². The molecule has 0 bridgehead atoms. The van der Waals surface area contributed by atoms with Gasteiger partial charge in [0.05, 0.1) is 13.0 Å². The van der Waals surface area contributed by atoms with Crippen LogP contribution >= 0.6 is 0 Å². The molecule has 0 aromatic heterocycles. The van der Waals surface area contributed by atoms with Gasteiger partial charge in [-0.3, -0.25) is 4.79 Å². The molecule has 4 nitrogen and oxygen atoms in total. The molecule has 0 aliphatic carbocycles. The van der Waals surface area contributed by atoms with Crippen LogP contribution in [0.1, 0.15) is 20.8 Å². The van der Waals surface area contributed by atoms with Gasteiger partial charge in [-0.2, -0.15) is 4.91 Å². The Hall–Kier alpha value is -0.930. The van der Waals surface area contributed by atoms with E-state index < -0.39 is 17.4 Å². The van der Waals surface area contributed by atoms with Gasteiger partial charge in [0.1, 0.15) is 5.54 Å². The molecule has 0 heterocycles. The maximum atomic E-state index is 10.9. The minimum Gasteiger partial charge on any atom is -0.469 e. The molecular formula is C7H13NO3. The third-order valence-electron chi connectivity index (χ3n) is 1.85. The van der Waals surface area contributed by atoms with Crippen molar-refractivity contribution in [1.82, 2.24) is 0 Å². The minimum absolute atomic E-state index is 0.408. The van der Waals surface area contributed by atoms with E-state index in [0.29, 0.717) is 0 Å². The summed E-state index contributed by atoms with van der Waals surface area (Å²) in [4.78, 5) is 21.1. The van der Waals surface area contributed by atoms with Crippen molar-refractivity contribution in [3.8, 4) is 0 Å². The predicted molar refractivity (Wildman–Crippen MR) is 41.1 cm³/mol. The van der Waals surface area contributed by atoms with Crippen molar-refractivity contribution >= 4 is 5.97 Å². The number of carbonyl (C=O) groups is 1. The number of methoxy groups -OCH3 is 1. The van der Waals surface area contributed by atoms with Gasteiger partial charge in [-0.1, -0.05) is 5.18 Å². The third kappa shape index (κ3) is 2.29. The second kappa shape index (κ2) is 3.46. The Morgan fingerprint density at radius 1 is 1.55 bits per heavy atom. The Balaban J connectivity index is 4.34. The standard InChI is InChI=1S/C7H13NO3/c1-5(6(9)11-4)7(2,3)8-10/h5H,1-4H3. The van der Waals surface area contributed by atoms with Crippen molar-refractivity contribution in [3.05, 3.63) is 4.91 Å². The fourth-order valence-corrected chi connectivity index (χ4v) is 0.544. The minimum atomic E-state index is -0.882. The zero-order valence-corrected chi connectivity index (χ0v) is 7.25. The molecule has 11 heavy (non-hydrogen) atoms. The Labute approximate surface area is 65.9 Å². The fraction of sp³-hybridized carbons (Fsp3) is 0.857. The second-order valence-electron chi connectivity index (χ2n) is 2.99. The lowest BCUT2D eigenvalue weighted by Gasteiger charge is -2.20. The van der Waals surface area contributed by atoms with Crippen molar-refractivity contribution in [2.75, 3.05) is 7.11 Å². The summed E-state index contributed by atoms with van der Waals surface area (Å²) in [6, 6.07) is 0. The van der Waals surface area contributed by atoms with E-state index in [2.05, 4.69) is 9.91 Å². The molecule has 0 rings (SSSR count). The number of ether oxygens (including phenoxy) is 1. The first-order chi connectivity index (χ1) is 4.95. The highest BCUT2D eigenvalue weighted by atomic mass is 16.5. The number of carbonyl (C=O) groups excluding carboxylic acids is 1. The highest BCUT2D eigenvalue weighted by Gasteiger charge is 2.33. The van der Waals surface area contributed by atoms with Crippen LogP contribution in [0.25, 0.3) is 0 Å². The lowest BCUT2D eigenvalue weighted by molar-refractivity contribution is -0.146. The zero-order chi connectivity index (χ0) is 9.07. The third-order valence-corrected chi connectivity index (χ3v) is 1.85. The fourth-order valence-electron chi connectivity index (χ4n) is 0.544. The van der Waals surface area contributed by atoms with Gasteiger partial charge >= 0.3 is 5.97 Å². The van der Waals surface area contributed by atoms with E-state index in [4.69, 9.17) is 0 Å². The molecule has 0 radical (unpaired) electrons. The summed E-state index contributed by atoms with van der Waals surface area (Å²) in [5.41, 5.74) is -0.882. The first-order valence-electron chi connectivity index (χ1n) is 3.38. The van der Waals surface area contributed by atoms with E-state index >= 15 is 0 Å². The first-order valence-corrected chi connectivity index (χ1v) is 3.38. The van der Waals surface area contributed by atoms with E-state index in [0.717, 1.165) is 0 Å². The van der Waals surface area contributed by atoms with E-state index in [1.165, 1.54) is 7.11 Å². The molecule has 0 amide bonds. The van der Waals surface area contributed by atoms with E-state index in [-0.39, 0.29) is 0 Å². The summed E-state index contributed by atoms with van der Waals surface area (Å²) in [5.74, 6) is -0.903. The summed E-state index contributed by atoms with van der Waals surface area (Å²) in [7, 11) is 1.29. The summed E-state index contributed by atoms with van der Waals surface area (Å²) in [6.45, 7) is 4.82. The summed E-state index contributed by atoms with van der Waals surface area (Å²) in [5, 5.41) is 2.84. The van der Waals surface area contributed by atoms with E-state index in [9.17, 15) is 9.70 Å². The molecule has 4 heteroatoms. The second-order valence-corrected chi connectivity index (χ2v) is 2.99. The van der Waals surface area contributed by atoms with E-state index in [1.54, 1.807) is 20.8 Å². The van der Waals surface area contributed by atoms with Crippen molar-refractivity contribution in [2.24, 2.45) is 11.1 Å². The highest BCUT2D eigenvalue weighted by molar-refractivity contribution is 5.73. The van der Waals surface area contributed by atoms with Gasteiger partial charge in [-0.05, 0) is 20.8 Å². The maximum Gasteiger partial charge on any atom is 0.310 e. The summed E-state index contributed by atoms with van der Waals surface area (Å²) < 4.78 is 4.46. The predicted octanol–water partition coefficient (Wildman–Crippen LogP) is 1.34. The van der Waals surface area contributed by atoms with Gasteiger partial charge in [0.2, 0.25) is 0 Å². The maximum absolute atomic E-state index is 10.9. The summed E-state index contributed by atoms with van der Waals surface area (Å²) in [6.07, 6.45) is 0. The average molecular weight is 159 g/mol. The number of rotatable bonds is 3. The molecule has 0 fully saturated rings. The highest BCUT2D eigenvalue weighted by Crippen LogP contribution is 2.21. The lowest BCUT2D eigenvalue weighted by atomic mass is 9.90. The molecule has 1 atom stereocenters. The number of nitrogens with zero attached hydrogens (tertiary/aromatic N) is 1. The zero-order valence-electron chi connectivity index (χ0n) is 7.25. The van der Waals surface area contributed by atoms with Gasteiger partial charge in [0, 0.05) is 0 Å². The lowest BCUT2D eigenvalue weighted by Crippen LogP contribution is -2.33. The largest absolute Gasteiger partial charge is 0.469 e. The quantitative estimate of drug-likeness (QED) is 0.461. The van der Waals surface area contributed by atoms with Crippen LogP contribution in [-0.2, 0) is 9.53 Å². The Bertz CT molecular complexity index is 165. The van der Waals surface area contributed by atoms with Crippen molar-refractivity contribution in [1.29, 1.82) is 0 Å². The van der Waals surface area contributed by atoms with Crippen LogP contribution in [-0.4, -0.2) is 18.6 Å². The number of hydrogen-bond donors (Lipinski definition) is 0. The van der Waals surface area contributed by atoms with Crippen LogP contribution in [0.4, 0.5) is 0 Å². The number of esters is 1. The molecule has 1 unspecified atom stereocenters. The monoisotopic (exact) mass is 159 g/mol. The molecule has 0 saturated heterocycles. The van der Waals surface area contributed by atoms with E-state index in [1.807, 2.05) is 0 Å². The van der Waals surface area contributed by atoms with Crippen molar-refractivity contribution < 1.29 is 9.53 Å². The van der Waals surface area contributed by atoms with Gasteiger partial charge in [0.15, 0.2) is 0 Å².